The van der Waals surface area contributed by atoms with Crippen molar-refractivity contribution in [3.8, 4) is 66.8 Å². The Hall–Kier alpha value is -7.22. The van der Waals surface area contributed by atoms with Gasteiger partial charge in [-0.25, -0.2) is 0 Å². The van der Waals surface area contributed by atoms with E-state index in [0.717, 1.165) is 40.7 Å². The average Bonchev–Trinajstić information content (AvgIpc) is 3.81. The van der Waals surface area contributed by atoms with Crippen LogP contribution in [0.5, 0.6) is 0 Å². The van der Waals surface area contributed by atoms with Crippen LogP contribution in [0.2, 0.25) is 0 Å². The predicted octanol–water partition coefficient (Wildman–Crippen LogP) is 17.9. The Balaban J connectivity index is 0.788. The molecule has 9 aromatic carbocycles. The zero-order valence-corrected chi connectivity index (χ0v) is 39.0. The largest absolute Gasteiger partial charge is 0.310 e. The van der Waals surface area contributed by atoms with Crippen LogP contribution in [0.15, 0.2) is 212 Å². The standard InChI is InChI=1S/C67H55N/c1-66(2)62-20-8-6-18-58(62)60-32-31-57(42-65(60)66)68(55-27-22-46(23-28-55)45-12-4-3-5-13-45)56-29-24-47(25-30-56)48-14-10-15-49(39-48)50-16-11-17-51(40-50)52-26-33-64-61(41-52)59-19-7-9-21-63(59)67(64)53-35-43-34-44(37-53)38-54(67)36-43/h3-33,39-44,53-54H,34-38H2,1-2H3. The van der Waals surface area contributed by atoms with Crippen LogP contribution in [0.3, 0.4) is 0 Å². The van der Waals surface area contributed by atoms with Gasteiger partial charge in [-0.05, 0) is 199 Å². The lowest BCUT2D eigenvalue weighted by Crippen LogP contribution is -2.55. The van der Waals surface area contributed by atoms with Gasteiger partial charge in [0.25, 0.3) is 0 Å². The first-order valence-corrected chi connectivity index (χ1v) is 25.2. The molecule has 0 unspecified atom stereocenters. The van der Waals surface area contributed by atoms with Crippen LogP contribution < -0.4 is 4.90 Å². The Morgan fingerprint density at radius 3 is 1.35 bits per heavy atom. The molecule has 1 nitrogen and oxygen atoms in total. The summed E-state index contributed by atoms with van der Waals surface area (Å²) < 4.78 is 0. The van der Waals surface area contributed by atoms with Crippen LogP contribution in [-0.4, -0.2) is 0 Å². The van der Waals surface area contributed by atoms with Gasteiger partial charge in [0.2, 0.25) is 0 Å². The summed E-state index contributed by atoms with van der Waals surface area (Å²) in [5.74, 6) is 3.47. The molecule has 1 heteroatoms. The van der Waals surface area contributed by atoms with Gasteiger partial charge in [-0.3, -0.25) is 0 Å². The average molecular weight is 874 g/mol. The molecule has 0 aromatic heterocycles. The van der Waals surface area contributed by atoms with Crippen LogP contribution in [0.25, 0.3) is 66.8 Å². The van der Waals surface area contributed by atoms with Gasteiger partial charge in [0, 0.05) is 27.9 Å². The Labute approximate surface area is 401 Å². The summed E-state index contributed by atoms with van der Waals surface area (Å²) in [4.78, 5) is 2.42. The molecule has 0 amide bonds. The van der Waals surface area contributed by atoms with Crippen molar-refractivity contribution in [2.75, 3.05) is 4.90 Å². The predicted molar refractivity (Wildman–Crippen MR) is 284 cm³/mol. The highest BCUT2D eigenvalue weighted by Gasteiger charge is 2.61. The topological polar surface area (TPSA) is 3.24 Å². The second-order valence-electron chi connectivity index (χ2n) is 21.3. The molecule has 0 N–H and O–H groups in total. The summed E-state index contributed by atoms with van der Waals surface area (Å²) in [5.41, 5.74) is 25.1. The fourth-order valence-electron chi connectivity index (χ4n) is 14.6. The van der Waals surface area contributed by atoms with E-state index in [1.165, 1.54) is 110 Å². The number of rotatable bonds is 7. The van der Waals surface area contributed by atoms with Crippen molar-refractivity contribution in [2.45, 2.75) is 56.8 Å². The van der Waals surface area contributed by atoms with Gasteiger partial charge in [-0.15, -0.1) is 0 Å². The molecule has 0 radical (unpaired) electrons. The van der Waals surface area contributed by atoms with Crippen LogP contribution in [-0.2, 0) is 10.8 Å². The number of anilines is 3. The number of benzene rings is 9. The molecular formula is C67H55N. The van der Waals surface area contributed by atoms with Crippen molar-refractivity contribution in [2.24, 2.45) is 23.7 Å². The Morgan fingerprint density at radius 2 is 0.735 bits per heavy atom. The smallest absolute Gasteiger partial charge is 0.0465 e. The molecule has 0 atom stereocenters. The third kappa shape index (κ3) is 6.00. The van der Waals surface area contributed by atoms with Crippen molar-refractivity contribution in [3.63, 3.8) is 0 Å². The number of nitrogens with zero attached hydrogens (tertiary/aromatic N) is 1. The molecule has 68 heavy (non-hydrogen) atoms. The Bertz CT molecular complexity index is 3400. The molecule has 4 fully saturated rings. The first kappa shape index (κ1) is 39.9. The minimum Gasteiger partial charge on any atom is -0.310 e. The summed E-state index contributed by atoms with van der Waals surface area (Å²) in [6.07, 6.45) is 7.15. The van der Waals surface area contributed by atoms with Crippen molar-refractivity contribution < 1.29 is 0 Å². The van der Waals surface area contributed by atoms with Crippen molar-refractivity contribution in [1.29, 1.82) is 0 Å². The van der Waals surface area contributed by atoms with Crippen molar-refractivity contribution >= 4 is 17.1 Å². The summed E-state index contributed by atoms with van der Waals surface area (Å²) in [5, 5.41) is 0. The SMILES string of the molecule is CC1(C)c2ccccc2-c2ccc(N(c3ccc(-c4ccccc4)cc3)c3ccc(-c4cccc(-c5cccc(-c6ccc7c(c6)-c6ccccc6C76C7CC8CC(C7)CC6C8)c5)c4)cc3)cc21. The van der Waals surface area contributed by atoms with E-state index in [9.17, 15) is 0 Å². The summed E-state index contributed by atoms with van der Waals surface area (Å²) >= 11 is 0. The van der Waals surface area contributed by atoms with E-state index in [4.69, 9.17) is 0 Å². The molecule has 6 aliphatic rings. The van der Waals surface area contributed by atoms with E-state index in [1.807, 2.05) is 0 Å². The number of hydrogen-bond acceptors (Lipinski definition) is 1. The summed E-state index contributed by atoms with van der Waals surface area (Å²) in [7, 11) is 0. The van der Waals surface area contributed by atoms with Gasteiger partial charge < -0.3 is 4.90 Å². The summed E-state index contributed by atoms with van der Waals surface area (Å²) in [6, 6.07) is 80.1. The number of fused-ring (bicyclic) bond motifs is 6. The maximum atomic E-state index is 2.55. The molecule has 328 valence electrons. The zero-order valence-electron chi connectivity index (χ0n) is 39.0. The summed E-state index contributed by atoms with van der Waals surface area (Å²) in [6.45, 7) is 4.73. The third-order valence-electron chi connectivity index (χ3n) is 17.5. The van der Waals surface area contributed by atoms with E-state index in [-0.39, 0.29) is 10.8 Å². The maximum absolute atomic E-state index is 2.55. The van der Waals surface area contributed by atoms with Gasteiger partial charge in [0.15, 0.2) is 0 Å². The van der Waals surface area contributed by atoms with Gasteiger partial charge in [0.1, 0.15) is 0 Å². The van der Waals surface area contributed by atoms with E-state index in [1.54, 1.807) is 11.1 Å². The quantitative estimate of drug-likeness (QED) is 0.154. The lowest BCUT2D eigenvalue weighted by Gasteiger charge is -2.61. The van der Waals surface area contributed by atoms with Crippen LogP contribution in [0.4, 0.5) is 17.1 Å². The highest BCUT2D eigenvalue weighted by atomic mass is 15.1. The number of hydrogen-bond donors (Lipinski definition) is 0. The monoisotopic (exact) mass is 873 g/mol. The normalized spacial score (nSPS) is 21.9. The maximum Gasteiger partial charge on any atom is 0.0465 e. The van der Waals surface area contributed by atoms with E-state index < -0.39 is 0 Å². The van der Waals surface area contributed by atoms with E-state index in [2.05, 4.69) is 231 Å². The molecule has 1 spiro atoms. The minimum absolute atomic E-state index is 0.0933. The molecule has 4 saturated carbocycles. The van der Waals surface area contributed by atoms with Crippen molar-refractivity contribution in [3.05, 3.63) is 235 Å². The molecule has 4 bridgehead atoms. The fourth-order valence-corrected chi connectivity index (χ4v) is 14.6. The lowest BCUT2D eigenvalue weighted by molar-refractivity contribution is -0.0399. The molecule has 6 aliphatic carbocycles. The molecule has 0 heterocycles. The molecule has 0 saturated heterocycles. The highest BCUT2D eigenvalue weighted by molar-refractivity contribution is 5.88. The van der Waals surface area contributed by atoms with Crippen LogP contribution in [0.1, 0.15) is 68.2 Å². The Kier molecular flexibility index (Phi) is 8.89. The second-order valence-corrected chi connectivity index (χ2v) is 21.3. The molecular weight excluding hydrogens is 819 g/mol. The zero-order chi connectivity index (χ0) is 45.1. The third-order valence-corrected chi connectivity index (χ3v) is 17.5. The molecule has 0 aliphatic heterocycles. The first-order chi connectivity index (χ1) is 33.4. The highest BCUT2D eigenvalue weighted by Crippen LogP contribution is 2.69. The molecule has 15 rings (SSSR count). The van der Waals surface area contributed by atoms with Crippen molar-refractivity contribution in [1.82, 2.24) is 0 Å². The minimum atomic E-state index is -0.0933. The van der Waals surface area contributed by atoms with E-state index >= 15 is 0 Å². The van der Waals surface area contributed by atoms with Gasteiger partial charge in [-0.1, -0.05) is 172 Å². The Morgan fingerprint density at radius 1 is 0.309 bits per heavy atom. The fraction of sp³-hybridized carbons (Fsp3) is 0.194. The van der Waals surface area contributed by atoms with Crippen LogP contribution >= 0.6 is 0 Å². The lowest BCUT2D eigenvalue weighted by atomic mass is 9.43. The van der Waals surface area contributed by atoms with Gasteiger partial charge >= 0.3 is 0 Å². The van der Waals surface area contributed by atoms with Gasteiger partial charge in [0.05, 0.1) is 0 Å². The molecule has 9 aromatic rings. The first-order valence-electron chi connectivity index (χ1n) is 25.2. The van der Waals surface area contributed by atoms with Gasteiger partial charge in [-0.2, -0.15) is 0 Å². The van der Waals surface area contributed by atoms with Crippen LogP contribution in [0, 0.1) is 23.7 Å². The van der Waals surface area contributed by atoms with E-state index in [0.29, 0.717) is 0 Å². The second kappa shape index (κ2) is 15.1.